The molecule has 2 aliphatic carbocycles. The van der Waals surface area contributed by atoms with Crippen molar-refractivity contribution in [3.63, 3.8) is 0 Å². The van der Waals surface area contributed by atoms with E-state index in [-0.39, 0.29) is 12.8 Å². The predicted molar refractivity (Wildman–Crippen MR) is 209 cm³/mol. The third kappa shape index (κ3) is 9.29. The van der Waals surface area contributed by atoms with Crippen molar-refractivity contribution in [1.29, 1.82) is 0 Å². The fourth-order valence-corrected chi connectivity index (χ4v) is 10.2. The van der Waals surface area contributed by atoms with Crippen molar-refractivity contribution in [2.45, 2.75) is 98.3 Å². The van der Waals surface area contributed by atoms with E-state index < -0.39 is 11.9 Å². The molecule has 3 aliphatic rings. The summed E-state index contributed by atoms with van der Waals surface area (Å²) >= 11 is 7.22. The molecular weight excluding hydrogens is 701 g/mol. The topological polar surface area (TPSA) is 84.6 Å². The number of aromatic nitrogens is 1. The molecule has 1 aliphatic heterocycles. The number of thiazole rings is 1. The number of fused-ring (bicyclic) bond motifs is 3. The Morgan fingerprint density at radius 3 is 2.50 bits per heavy atom. The van der Waals surface area contributed by atoms with Crippen LogP contribution in [0.1, 0.15) is 82.1 Å². The van der Waals surface area contributed by atoms with E-state index in [0.29, 0.717) is 18.8 Å². The average molecular weight is 747 g/mol. The van der Waals surface area contributed by atoms with E-state index in [2.05, 4.69) is 82.7 Å². The summed E-state index contributed by atoms with van der Waals surface area (Å²) in [5.41, 5.74) is 6.71. The maximum atomic E-state index is 11.0. The molecule has 0 bridgehead atoms. The summed E-state index contributed by atoms with van der Waals surface area (Å²) in [4.78, 5) is 28.2. The molecule has 0 saturated carbocycles. The van der Waals surface area contributed by atoms with E-state index in [1.54, 1.807) is 23.5 Å². The normalized spacial score (nSPS) is 18.8. The Bertz CT molecular complexity index is 1860. The van der Waals surface area contributed by atoms with E-state index in [0.717, 1.165) is 51.6 Å². The van der Waals surface area contributed by atoms with Crippen molar-refractivity contribution >= 4 is 80.5 Å². The number of benzene rings is 2. The summed E-state index contributed by atoms with van der Waals surface area (Å²) in [6.45, 7) is 1.76. The Morgan fingerprint density at radius 1 is 0.940 bits per heavy atom. The number of rotatable bonds is 16. The Balaban J connectivity index is 1.24. The molecule has 0 radical (unpaired) electrons. The number of carbonyl (C=O) groups is 2. The van der Waals surface area contributed by atoms with Gasteiger partial charge in [-0.25, -0.2) is 0 Å². The van der Waals surface area contributed by atoms with Crippen LogP contribution in [0, 0.1) is 5.92 Å². The first-order chi connectivity index (χ1) is 24.3. The Morgan fingerprint density at radius 2 is 1.70 bits per heavy atom. The quantitative estimate of drug-likeness (QED) is 0.0882. The lowest BCUT2D eigenvalue weighted by Crippen LogP contribution is -2.35. The molecule has 1 atom stereocenters. The van der Waals surface area contributed by atoms with Crippen molar-refractivity contribution in [2.75, 3.05) is 24.0 Å². The number of unbranched alkanes of at least 4 members (excludes halogenated alkanes) is 4. The molecular formula is C40H46N2O4S4. The number of carbonyl (C=O) groups excluding carboxylic acids is 1. The van der Waals surface area contributed by atoms with Crippen LogP contribution in [0.5, 0.6) is 0 Å². The van der Waals surface area contributed by atoms with Gasteiger partial charge in [0.1, 0.15) is 4.70 Å². The highest BCUT2D eigenvalue weighted by atomic mass is 32.2. The third-order valence-corrected chi connectivity index (χ3v) is 13.4. The number of carboxylic acids is 2. The van der Waals surface area contributed by atoms with Crippen LogP contribution >= 0.6 is 46.6 Å². The van der Waals surface area contributed by atoms with Crippen LogP contribution < -0.4 is 14.6 Å². The number of hydrogen-bond acceptors (Lipinski definition) is 8. The lowest BCUT2D eigenvalue weighted by Gasteiger charge is -2.29. The van der Waals surface area contributed by atoms with Crippen molar-refractivity contribution in [3.8, 4) is 0 Å². The molecule has 0 amide bonds. The smallest absolute Gasteiger partial charge is 0.303 e. The van der Waals surface area contributed by atoms with E-state index >= 15 is 0 Å². The number of hydrogen-bond donors (Lipinski definition) is 1. The van der Waals surface area contributed by atoms with E-state index in [4.69, 9.17) is 5.11 Å². The maximum absolute atomic E-state index is 11.0. The van der Waals surface area contributed by atoms with Crippen molar-refractivity contribution < 1.29 is 24.4 Å². The van der Waals surface area contributed by atoms with Gasteiger partial charge in [-0.1, -0.05) is 41.7 Å². The lowest BCUT2D eigenvalue weighted by atomic mass is 9.77. The first-order valence-corrected chi connectivity index (χ1v) is 21.8. The van der Waals surface area contributed by atoms with Gasteiger partial charge in [0.25, 0.3) is 5.01 Å². The molecule has 2 aromatic carbocycles. The molecule has 0 spiro atoms. The van der Waals surface area contributed by atoms with Crippen LogP contribution in [0.15, 0.2) is 91.1 Å². The molecule has 50 heavy (non-hydrogen) atoms. The molecule has 0 fully saturated rings. The maximum Gasteiger partial charge on any atom is 0.303 e. The van der Waals surface area contributed by atoms with Crippen LogP contribution in [0.4, 0.5) is 5.69 Å². The summed E-state index contributed by atoms with van der Waals surface area (Å²) in [5.74, 6) is -1.09. The van der Waals surface area contributed by atoms with Gasteiger partial charge in [0.15, 0.2) is 6.54 Å². The van der Waals surface area contributed by atoms with Crippen LogP contribution in [-0.2, 0) is 16.1 Å². The number of thioether (sulfide) groups is 3. The molecule has 6 rings (SSSR count). The van der Waals surface area contributed by atoms with E-state index in [1.165, 1.54) is 70.2 Å². The Hall–Kier alpha value is -2.92. The van der Waals surface area contributed by atoms with Crippen molar-refractivity contribution in [3.05, 3.63) is 81.4 Å². The zero-order valence-electron chi connectivity index (χ0n) is 28.9. The second-order valence-electron chi connectivity index (χ2n) is 13.2. The van der Waals surface area contributed by atoms with Gasteiger partial charge >= 0.3 is 5.97 Å². The van der Waals surface area contributed by atoms with Gasteiger partial charge in [0.2, 0.25) is 5.52 Å². The van der Waals surface area contributed by atoms with E-state index in [9.17, 15) is 14.7 Å². The van der Waals surface area contributed by atoms with Gasteiger partial charge in [0, 0.05) is 52.2 Å². The largest absolute Gasteiger partial charge is 0.550 e. The minimum Gasteiger partial charge on any atom is -0.550 e. The molecule has 1 aromatic heterocycles. The number of anilines is 1. The molecule has 264 valence electrons. The summed E-state index contributed by atoms with van der Waals surface area (Å²) < 4.78 is 3.72. The van der Waals surface area contributed by atoms with Gasteiger partial charge in [0.05, 0.1) is 10.7 Å². The van der Waals surface area contributed by atoms with Gasteiger partial charge < -0.3 is 19.9 Å². The van der Waals surface area contributed by atoms with Gasteiger partial charge in [-0.05, 0) is 129 Å². The van der Waals surface area contributed by atoms with Crippen LogP contribution in [-0.4, -0.2) is 36.1 Å². The number of aliphatic carboxylic acids is 2. The first-order valence-electron chi connectivity index (χ1n) is 17.7. The zero-order chi connectivity index (χ0) is 35.0. The standard InChI is InChI=1S/C40H46N2O4S4/c1-47-31-15-17-35-33(25-31)41(19-7-3-5-9-39(43)44)37(49-35)23-27-11-13-29-14-12-28(22-30(29)21-27)24-38-42(20-8-4-6-10-40(45)46)34-26-32(48-2)16-18-36(34)50-38/h15-18,21-26,29H,3-14,19-20H2,1-2H3,(H-,43,44,45,46). The van der Waals surface area contributed by atoms with Crippen LogP contribution in [0.2, 0.25) is 0 Å². The van der Waals surface area contributed by atoms with Crippen molar-refractivity contribution in [2.24, 2.45) is 5.92 Å². The monoisotopic (exact) mass is 746 g/mol. The van der Waals surface area contributed by atoms with Gasteiger partial charge in [-0.3, -0.25) is 4.79 Å². The highest BCUT2D eigenvalue weighted by molar-refractivity contribution is 8.03. The number of nitrogens with zero attached hydrogens (tertiary/aromatic N) is 2. The van der Waals surface area contributed by atoms with Crippen LogP contribution in [0.25, 0.3) is 16.3 Å². The molecule has 0 saturated heterocycles. The second kappa shape index (κ2) is 17.5. The zero-order valence-corrected chi connectivity index (χ0v) is 32.2. The second-order valence-corrected chi connectivity index (χ2v) is 17.1. The third-order valence-electron chi connectivity index (χ3n) is 9.77. The first kappa shape index (κ1) is 36.9. The Labute approximate surface area is 312 Å². The summed E-state index contributed by atoms with van der Waals surface area (Å²) in [7, 11) is 0. The number of allylic oxidation sites excluding steroid dienone is 6. The van der Waals surface area contributed by atoms with Crippen LogP contribution in [0.3, 0.4) is 0 Å². The summed E-state index contributed by atoms with van der Waals surface area (Å²) in [5, 5.41) is 22.5. The number of carboxylic acid groups (broad SMARTS) is 2. The lowest BCUT2D eigenvalue weighted by molar-refractivity contribution is -0.669. The van der Waals surface area contributed by atoms with Gasteiger partial charge in [-0.15, -0.1) is 23.5 Å². The molecule has 3 aromatic rings. The number of aryl methyl sites for hydroxylation is 1. The summed E-state index contributed by atoms with van der Waals surface area (Å²) in [6.07, 6.45) is 23.8. The predicted octanol–water partition coefficient (Wildman–Crippen LogP) is 9.48. The summed E-state index contributed by atoms with van der Waals surface area (Å²) in [6, 6.07) is 13.5. The molecule has 2 heterocycles. The SMILES string of the molecule is CSc1ccc2c(c1)N(CCCCCC(=O)O)/C(=C/C1=CC3=C/C(=C/c4sc5ccc(SC)cc5[n+]4CCCCCC(=O)[O-])CCC3CC1)S2. The fraction of sp³-hybridized carbons (Fsp3) is 0.425. The van der Waals surface area contributed by atoms with Gasteiger partial charge in [-0.2, -0.15) is 4.57 Å². The fourth-order valence-electron chi connectivity index (χ4n) is 7.08. The highest BCUT2D eigenvalue weighted by Crippen LogP contribution is 2.48. The minimum atomic E-state index is -0.965. The van der Waals surface area contributed by atoms with E-state index in [1.807, 2.05) is 23.1 Å². The minimum absolute atomic E-state index is 0.126. The average Bonchev–Trinajstić information content (AvgIpc) is 3.62. The van der Waals surface area contributed by atoms with Crippen molar-refractivity contribution in [1.82, 2.24) is 0 Å². The molecule has 1 N–H and O–H groups in total. The molecule has 6 nitrogen and oxygen atoms in total. The molecule has 1 unspecified atom stereocenters. The highest BCUT2D eigenvalue weighted by Gasteiger charge is 2.28. The molecule has 10 heteroatoms. The Kier molecular flexibility index (Phi) is 12.9.